The van der Waals surface area contributed by atoms with Crippen molar-refractivity contribution in [2.75, 3.05) is 28.2 Å². The predicted molar refractivity (Wildman–Crippen MR) is 113 cm³/mol. The Labute approximate surface area is 162 Å². The van der Waals surface area contributed by atoms with E-state index < -0.39 is 0 Å². The third kappa shape index (κ3) is 8.11. The van der Waals surface area contributed by atoms with E-state index in [0.29, 0.717) is 11.0 Å². The molecule has 0 aliphatic rings. The molecule has 0 saturated carbocycles. The van der Waals surface area contributed by atoms with Gasteiger partial charge in [0.15, 0.2) is 6.21 Å². The second-order valence-corrected chi connectivity index (χ2v) is 7.11. The number of allylic oxidation sites excluding steroid dienone is 1. The number of hydrogen-bond acceptors (Lipinski definition) is 4. The maximum atomic E-state index is 11.3. The number of hydrogen-bond donors (Lipinski definition) is 1. The van der Waals surface area contributed by atoms with E-state index in [1.54, 1.807) is 13.0 Å². The van der Waals surface area contributed by atoms with Gasteiger partial charge in [-0.25, -0.2) is 9.37 Å². The van der Waals surface area contributed by atoms with Gasteiger partial charge < -0.3 is 14.4 Å². The molecule has 0 unspecified atom stereocenters. The van der Waals surface area contributed by atoms with Crippen molar-refractivity contribution in [3.63, 3.8) is 0 Å². The molecule has 1 N–H and O–H groups in total. The number of phenolic OH excluding ortho intramolecular Hbond substituents is 1. The third-order valence-corrected chi connectivity index (χ3v) is 3.92. The number of benzene rings is 1. The molecular weight excluding hydrogens is 340 g/mol. The fraction of sp³-hybridized carbons (Fsp3) is 0.455. The van der Waals surface area contributed by atoms with Crippen molar-refractivity contribution in [1.29, 1.82) is 0 Å². The monoisotopic (exact) mass is 373 g/mol. The van der Waals surface area contributed by atoms with E-state index in [-0.39, 0.29) is 11.4 Å². The Morgan fingerprint density at radius 1 is 1.19 bits per heavy atom. The molecule has 0 aliphatic heterocycles. The van der Waals surface area contributed by atoms with Crippen LogP contribution in [0.25, 0.3) is 11.0 Å². The summed E-state index contributed by atoms with van der Waals surface area (Å²) in [4.78, 5) is 13.3. The lowest BCUT2D eigenvalue weighted by molar-refractivity contribution is -0.458. The third-order valence-electron chi connectivity index (χ3n) is 3.92. The molecule has 0 fully saturated rings. The number of aromatic hydroxyl groups is 1. The van der Waals surface area contributed by atoms with Crippen LogP contribution in [-0.4, -0.2) is 49.0 Å². The molecular formula is C22H33N2O3+. The highest BCUT2D eigenvalue weighted by Gasteiger charge is 2.09. The van der Waals surface area contributed by atoms with Gasteiger partial charge in [0.05, 0.1) is 5.39 Å². The van der Waals surface area contributed by atoms with Gasteiger partial charge in [0, 0.05) is 32.4 Å². The Morgan fingerprint density at radius 2 is 1.89 bits per heavy atom. The predicted octanol–water partition coefficient (Wildman–Crippen LogP) is 3.94. The smallest absolute Gasteiger partial charge is 0.336 e. The molecule has 27 heavy (non-hydrogen) atoms. The Kier molecular flexibility index (Phi) is 9.34. The van der Waals surface area contributed by atoms with E-state index in [9.17, 15) is 9.90 Å². The molecule has 148 valence electrons. The summed E-state index contributed by atoms with van der Waals surface area (Å²) in [7, 11) is 8.00. The van der Waals surface area contributed by atoms with Crippen LogP contribution in [-0.2, 0) is 6.42 Å². The fourth-order valence-corrected chi connectivity index (χ4v) is 2.63. The van der Waals surface area contributed by atoms with Crippen LogP contribution in [0.4, 0.5) is 0 Å². The molecule has 0 spiro atoms. The van der Waals surface area contributed by atoms with E-state index >= 15 is 0 Å². The van der Waals surface area contributed by atoms with E-state index in [1.807, 2.05) is 62.2 Å². The van der Waals surface area contributed by atoms with Crippen LogP contribution in [0.1, 0.15) is 37.3 Å². The molecule has 0 bridgehead atoms. The number of unbranched alkanes of at least 4 members (excludes halogenated alkanes) is 2. The summed E-state index contributed by atoms with van der Waals surface area (Å²) < 4.78 is 7.15. The molecule has 1 aromatic carbocycles. The largest absolute Gasteiger partial charge is 0.507 e. The lowest BCUT2D eigenvalue weighted by Crippen LogP contribution is -2.02. The highest BCUT2D eigenvalue weighted by molar-refractivity contribution is 5.86. The normalized spacial score (nSPS) is 10.6. The van der Waals surface area contributed by atoms with Gasteiger partial charge in [-0.1, -0.05) is 19.8 Å². The first-order valence-corrected chi connectivity index (χ1v) is 9.35. The summed E-state index contributed by atoms with van der Waals surface area (Å²) in [6.45, 7) is 3.95. The molecule has 0 saturated heterocycles. The van der Waals surface area contributed by atoms with E-state index in [2.05, 4.69) is 6.92 Å². The van der Waals surface area contributed by atoms with Crippen LogP contribution in [0, 0.1) is 6.92 Å². The molecule has 2 aromatic rings. The Bertz CT molecular complexity index is 844. The minimum atomic E-state index is -0.370. The molecule has 0 aliphatic carbocycles. The maximum Gasteiger partial charge on any atom is 0.336 e. The lowest BCUT2D eigenvalue weighted by Gasteiger charge is -2.07. The zero-order chi connectivity index (χ0) is 20.4. The topological polar surface area (TPSA) is 56.7 Å². The zero-order valence-electron chi connectivity index (χ0n) is 17.5. The summed E-state index contributed by atoms with van der Waals surface area (Å²) >= 11 is 0. The number of rotatable bonds is 6. The summed E-state index contributed by atoms with van der Waals surface area (Å²) in [5, 5.41) is 10.7. The highest BCUT2D eigenvalue weighted by atomic mass is 16.4. The Balaban J connectivity index is 0.000000345. The molecule has 5 heteroatoms. The molecule has 1 heterocycles. The average molecular weight is 374 g/mol. The molecule has 1 aromatic heterocycles. The molecule has 0 atom stereocenters. The van der Waals surface area contributed by atoms with Crippen LogP contribution in [0.2, 0.25) is 0 Å². The Morgan fingerprint density at radius 3 is 2.48 bits per heavy atom. The highest BCUT2D eigenvalue weighted by Crippen LogP contribution is 2.29. The van der Waals surface area contributed by atoms with Gasteiger partial charge in [0.2, 0.25) is 0 Å². The first-order chi connectivity index (χ1) is 12.7. The molecule has 2 rings (SSSR count). The van der Waals surface area contributed by atoms with Gasteiger partial charge in [-0.3, -0.25) is 0 Å². The fourth-order valence-electron chi connectivity index (χ4n) is 2.63. The van der Waals surface area contributed by atoms with E-state index in [4.69, 9.17) is 4.42 Å². The van der Waals surface area contributed by atoms with Crippen molar-refractivity contribution in [2.24, 2.45) is 0 Å². The van der Waals surface area contributed by atoms with Gasteiger partial charge in [0.1, 0.15) is 25.4 Å². The van der Waals surface area contributed by atoms with Gasteiger partial charge in [-0.05, 0) is 43.0 Å². The second kappa shape index (κ2) is 11.2. The van der Waals surface area contributed by atoms with Crippen LogP contribution >= 0.6 is 0 Å². The van der Waals surface area contributed by atoms with Crippen LogP contribution < -0.4 is 5.63 Å². The molecule has 5 nitrogen and oxygen atoms in total. The lowest BCUT2D eigenvalue weighted by atomic mass is 10.0. The van der Waals surface area contributed by atoms with Crippen LogP contribution in [0.3, 0.4) is 0 Å². The Hall–Kier alpha value is -2.56. The second-order valence-electron chi connectivity index (χ2n) is 7.11. The quantitative estimate of drug-likeness (QED) is 0.361. The van der Waals surface area contributed by atoms with Gasteiger partial charge in [0.25, 0.3) is 0 Å². The van der Waals surface area contributed by atoms with Gasteiger partial charge >= 0.3 is 5.63 Å². The van der Waals surface area contributed by atoms with Crippen molar-refractivity contribution in [3.05, 3.63) is 52.0 Å². The average Bonchev–Trinajstić information content (AvgIpc) is 2.54. The first kappa shape index (κ1) is 22.5. The minimum absolute atomic E-state index is 0.195. The number of fused-ring (bicyclic) bond motifs is 1. The molecule has 0 radical (unpaired) electrons. The van der Waals surface area contributed by atoms with Crippen molar-refractivity contribution in [2.45, 2.75) is 39.5 Å². The first-order valence-electron chi connectivity index (χ1n) is 9.35. The minimum Gasteiger partial charge on any atom is -0.507 e. The van der Waals surface area contributed by atoms with Crippen molar-refractivity contribution < 1.29 is 14.1 Å². The van der Waals surface area contributed by atoms with Gasteiger partial charge in [-0.15, -0.1) is 0 Å². The van der Waals surface area contributed by atoms with Crippen molar-refractivity contribution >= 4 is 17.2 Å². The van der Waals surface area contributed by atoms with Crippen molar-refractivity contribution in [3.8, 4) is 5.75 Å². The zero-order valence-corrected chi connectivity index (χ0v) is 17.5. The summed E-state index contributed by atoms with van der Waals surface area (Å²) in [5.41, 5.74) is 1.87. The molecule has 0 amide bonds. The summed E-state index contributed by atoms with van der Waals surface area (Å²) in [5.74, 6) is 0.195. The summed E-state index contributed by atoms with van der Waals surface area (Å²) in [6, 6.07) is 5.03. The number of aryl methyl sites for hydroxylation is 2. The maximum absolute atomic E-state index is 11.3. The van der Waals surface area contributed by atoms with E-state index in [0.717, 1.165) is 36.8 Å². The van der Waals surface area contributed by atoms with Crippen LogP contribution in [0.5, 0.6) is 5.75 Å². The standard InChI is InChI=1S/C15H18O3.C7H15N2/c1-3-4-5-6-11-8-12(16)15-10(2)7-14(17)18-13(15)9-11;1-8(2)6-5-7-9(3)4/h7-9,16H,3-6H2,1-2H3;5-7H,1-4H3/q;+1. The summed E-state index contributed by atoms with van der Waals surface area (Å²) in [6.07, 6.45) is 10.3. The number of phenols is 1. The SMILES string of the molecule is CCCCCc1cc(O)c2c(C)cc(=O)oc2c1.CN(C)/C=C/C=[N+](C)C. The van der Waals surface area contributed by atoms with Crippen LogP contribution in [0.15, 0.2) is 39.7 Å². The van der Waals surface area contributed by atoms with E-state index in [1.165, 1.54) is 6.07 Å². The van der Waals surface area contributed by atoms with Crippen molar-refractivity contribution in [1.82, 2.24) is 4.90 Å². The van der Waals surface area contributed by atoms with Gasteiger partial charge in [-0.2, -0.15) is 0 Å². The number of nitrogens with zero attached hydrogens (tertiary/aromatic N) is 2.